The largest absolute Gasteiger partial charge is 0.352 e. The van der Waals surface area contributed by atoms with Crippen molar-refractivity contribution in [3.05, 3.63) is 63.6 Å². The van der Waals surface area contributed by atoms with Gasteiger partial charge in [0.1, 0.15) is 12.6 Å². The van der Waals surface area contributed by atoms with Crippen molar-refractivity contribution in [1.82, 2.24) is 10.2 Å². The van der Waals surface area contributed by atoms with Crippen molar-refractivity contribution >= 4 is 50.7 Å². The van der Waals surface area contributed by atoms with Crippen LogP contribution in [-0.4, -0.2) is 50.0 Å². The summed E-state index contributed by atoms with van der Waals surface area (Å²) >= 11 is 12.5. The lowest BCUT2D eigenvalue weighted by Gasteiger charge is -2.34. The van der Waals surface area contributed by atoms with Crippen LogP contribution < -0.4 is 9.62 Å². The molecular weight excluding hydrogens is 533 g/mol. The van der Waals surface area contributed by atoms with Crippen LogP contribution in [0.4, 0.5) is 5.69 Å². The highest BCUT2D eigenvalue weighted by molar-refractivity contribution is 7.92. The Labute approximate surface area is 230 Å². The molecule has 0 unspecified atom stereocenters. The maximum absolute atomic E-state index is 13.8. The zero-order valence-electron chi connectivity index (χ0n) is 21.5. The fourth-order valence-corrected chi connectivity index (χ4v) is 6.11. The first-order chi connectivity index (χ1) is 17.5. The summed E-state index contributed by atoms with van der Waals surface area (Å²) in [5.41, 5.74) is 1.75. The Morgan fingerprint density at radius 3 is 2.35 bits per heavy atom. The molecule has 2 aromatic rings. The smallest absolute Gasteiger partial charge is 0.244 e. The second-order valence-electron chi connectivity index (χ2n) is 9.58. The number of anilines is 1. The number of rotatable bonds is 10. The Balaban J connectivity index is 1.95. The first kappa shape index (κ1) is 29.3. The summed E-state index contributed by atoms with van der Waals surface area (Å²) in [6.45, 7) is 3.22. The summed E-state index contributed by atoms with van der Waals surface area (Å²) in [6.07, 6.45) is 6.53. The van der Waals surface area contributed by atoms with Crippen molar-refractivity contribution in [2.24, 2.45) is 0 Å². The van der Waals surface area contributed by atoms with Crippen LogP contribution >= 0.6 is 23.2 Å². The number of nitrogens with zero attached hydrogens (tertiary/aromatic N) is 2. The average molecular weight is 569 g/mol. The van der Waals surface area contributed by atoms with E-state index in [0.29, 0.717) is 27.7 Å². The highest BCUT2D eigenvalue weighted by atomic mass is 35.5. The van der Waals surface area contributed by atoms with Crippen LogP contribution in [0.3, 0.4) is 0 Å². The Kier molecular flexibility index (Phi) is 10.3. The van der Waals surface area contributed by atoms with Gasteiger partial charge in [-0.05, 0) is 55.5 Å². The van der Waals surface area contributed by atoms with Crippen molar-refractivity contribution in [1.29, 1.82) is 0 Å². The van der Waals surface area contributed by atoms with E-state index in [1.54, 1.807) is 49.4 Å². The molecule has 202 valence electrons. The topological polar surface area (TPSA) is 86.8 Å². The van der Waals surface area contributed by atoms with Gasteiger partial charge in [-0.15, -0.1) is 0 Å². The van der Waals surface area contributed by atoms with Crippen LogP contribution in [0.2, 0.25) is 10.0 Å². The number of halogens is 2. The number of aryl methyl sites for hydroxylation is 1. The van der Waals surface area contributed by atoms with Crippen molar-refractivity contribution < 1.29 is 18.0 Å². The quantitative estimate of drug-likeness (QED) is 0.420. The summed E-state index contributed by atoms with van der Waals surface area (Å²) in [5.74, 6) is -0.736. The SMILES string of the molecule is CC[C@@H](C(=O)NC1CCCCC1)N(Cc1ccc(Cl)cc1Cl)C(=O)CN(c1ccccc1C)S(C)(=O)=O. The minimum Gasteiger partial charge on any atom is -0.352 e. The van der Waals surface area contributed by atoms with Gasteiger partial charge >= 0.3 is 0 Å². The first-order valence-corrected chi connectivity index (χ1v) is 15.2. The van der Waals surface area contributed by atoms with Gasteiger partial charge in [-0.25, -0.2) is 8.42 Å². The van der Waals surface area contributed by atoms with Gasteiger partial charge in [0.25, 0.3) is 0 Å². The molecule has 0 aromatic heterocycles. The number of amides is 2. The van der Waals surface area contributed by atoms with Crippen molar-refractivity contribution in [3.8, 4) is 0 Å². The predicted molar refractivity (Wildman–Crippen MR) is 149 cm³/mol. The third kappa shape index (κ3) is 7.85. The van der Waals surface area contributed by atoms with Crippen LogP contribution in [0.15, 0.2) is 42.5 Å². The van der Waals surface area contributed by atoms with Crippen molar-refractivity contribution in [3.63, 3.8) is 0 Å². The van der Waals surface area contributed by atoms with Crippen LogP contribution in [0, 0.1) is 6.92 Å². The molecule has 1 aliphatic rings. The highest BCUT2D eigenvalue weighted by Gasteiger charge is 2.33. The molecule has 1 N–H and O–H groups in total. The molecular formula is C27H35Cl2N3O4S. The third-order valence-corrected chi connectivity index (χ3v) is 8.47. The molecule has 2 aromatic carbocycles. The van der Waals surface area contributed by atoms with Crippen molar-refractivity contribution in [2.75, 3.05) is 17.1 Å². The normalized spacial score (nSPS) is 15.2. The van der Waals surface area contributed by atoms with E-state index in [4.69, 9.17) is 23.2 Å². The lowest BCUT2D eigenvalue weighted by Crippen LogP contribution is -2.54. The number of sulfonamides is 1. The van der Waals surface area contributed by atoms with E-state index in [1.165, 1.54) is 4.90 Å². The van der Waals surface area contributed by atoms with Crippen LogP contribution in [0.25, 0.3) is 0 Å². The molecule has 3 rings (SSSR count). The monoisotopic (exact) mass is 567 g/mol. The molecule has 2 amide bonds. The van der Waals surface area contributed by atoms with E-state index in [1.807, 2.05) is 6.92 Å². The maximum atomic E-state index is 13.8. The van der Waals surface area contributed by atoms with E-state index in [2.05, 4.69) is 5.32 Å². The van der Waals surface area contributed by atoms with Crippen LogP contribution in [0.1, 0.15) is 56.6 Å². The molecule has 1 fully saturated rings. The molecule has 1 saturated carbocycles. The van der Waals surface area contributed by atoms with E-state index in [0.717, 1.165) is 48.2 Å². The Morgan fingerprint density at radius 1 is 1.08 bits per heavy atom. The lowest BCUT2D eigenvalue weighted by atomic mass is 9.95. The minimum atomic E-state index is -3.79. The zero-order valence-corrected chi connectivity index (χ0v) is 23.9. The third-order valence-electron chi connectivity index (χ3n) is 6.76. The Bertz CT molecular complexity index is 1220. The van der Waals surface area contributed by atoms with Gasteiger partial charge in [0, 0.05) is 22.6 Å². The van der Waals surface area contributed by atoms with Gasteiger partial charge in [-0.1, -0.05) is 73.7 Å². The fourth-order valence-electron chi connectivity index (χ4n) is 4.74. The Hall–Kier alpha value is -2.29. The first-order valence-electron chi connectivity index (χ1n) is 12.6. The molecule has 0 spiro atoms. The Morgan fingerprint density at radius 2 is 1.76 bits per heavy atom. The number of hydrogen-bond acceptors (Lipinski definition) is 4. The predicted octanol–water partition coefficient (Wildman–Crippen LogP) is 5.32. The molecule has 10 heteroatoms. The van der Waals surface area contributed by atoms with Crippen LogP contribution in [0.5, 0.6) is 0 Å². The molecule has 0 saturated heterocycles. The molecule has 0 radical (unpaired) electrons. The molecule has 37 heavy (non-hydrogen) atoms. The summed E-state index contributed by atoms with van der Waals surface area (Å²) in [7, 11) is -3.79. The second-order valence-corrected chi connectivity index (χ2v) is 12.3. The summed E-state index contributed by atoms with van der Waals surface area (Å²) < 4.78 is 26.6. The van der Waals surface area contributed by atoms with Crippen LogP contribution in [-0.2, 0) is 26.2 Å². The van der Waals surface area contributed by atoms with E-state index >= 15 is 0 Å². The van der Waals surface area contributed by atoms with Gasteiger partial charge in [0.2, 0.25) is 21.8 Å². The maximum Gasteiger partial charge on any atom is 0.244 e. The summed E-state index contributed by atoms with van der Waals surface area (Å²) in [6, 6.07) is 11.2. The fraction of sp³-hybridized carbons (Fsp3) is 0.481. The van der Waals surface area contributed by atoms with Gasteiger partial charge in [-0.3, -0.25) is 13.9 Å². The number of benzene rings is 2. The number of hydrogen-bond donors (Lipinski definition) is 1. The standard InChI is InChI=1S/C27H35Cl2N3O4S/c1-4-24(27(34)30-22-11-6-5-7-12-22)31(17-20-14-15-21(28)16-23(20)29)26(33)18-32(37(3,35)36)25-13-9-8-10-19(25)2/h8-10,13-16,22,24H,4-7,11-12,17-18H2,1-3H3,(H,30,34)/t24-/m0/s1. The molecule has 0 heterocycles. The summed E-state index contributed by atoms with van der Waals surface area (Å²) in [5, 5.41) is 3.94. The highest BCUT2D eigenvalue weighted by Crippen LogP contribution is 2.26. The molecule has 7 nitrogen and oxygen atoms in total. The molecule has 1 atom stereocenters. The minimum absolute atomic E-state index is 0.0385. The molecule has 0 aliphatic heterocycles. The molecule has 1 aliphatic carbocycles. The van der Waals surface area contributed by atoms with E-state index < -0.39 is 28.5 Å². The van der Waals surface area contributed by atoms with Crippen molar-refractivity contribution in [2.45, 2.75) is 71.0 Å². The summed E-state index contributed by atoms with van der Waals surface area (Å²) in [4.78, 5) is 28.7. The van der Waals surface area contributed by atoms with E-state index in [-0.39, 0.29) is 18.5 Å². The van der Waals surface area contributed by atoms with Gasteiger partial charge < -0.3 is 10.2 Å². The number of carbonyl (C=O) groups excluding carboxylic acids is 2. The van der Waals surface area contributed by atoms with Gasteiger partial charge in [0.05, 0.1) is 11.9 Å². The van der Waals surface area contributed by atoms with Gasteiger partial charge in [-0.2, -0.15) is 0 Å². The lowest BCUT2D eigenvalue weighted by molar-refractivity contribution is -0.140. The number of para-hydroxylation sites is 1. The molecule has 0 bridgehead atoms. The van der Waals surface area contributed by atoms with Gasteiger partial charge in [0.15, 0.2) is 0 Å². The van der Waals surface area contributed by atoms with E-state index in [9.17, 15) is 18.0 Å². The second kappa shape index (κ2) is 13.0. The number of nitrogens with one attached hydrogen (secondary N) is 1. The number of carbonyl (C=O) groups is 2. The average Bonchev–Trinajstić information content (AvgIpc) is 2.84. The zero-order chi connectivity index (χ0) is 27.2.